The summed E-state index contributed by atoms with van der Waals surface area (Å²) in [5.74, 6) is 0.493. The second-order valence-corrected chi connectivity index (χ2v) is 8.32. The van der Waals surface area contributed by atoms with Crippen LogP contribution in [0.2, 0.25) is 0 Å². The lowest BCUT2D eigenvalue weighted by Gasteiger charge is -2.36. The largest absolute Gasteiger partial charge is 0.497 e. The Balaban J connectivity index is 1.62. The molecule has 1 aromatic carbocycles. The fraction of sp³-hybridized carbons (Fsp3) is 0.565. The summed E-state index contributed by atoms with van der Waals surface area (Å²) < 4.78 is 11.0. The van der Waals surface area contributed by atoms with E-state index in [0.29, 0.717) is 6.54 Å². The molecular formula is C23H32N2O5S. The molecule has 0 aliphatic carbocycles. The van der Waals surface area contributed by atoms with Crippen molar-refractivity contribution < 1.29 is 24.5 Å². The summed E-state index contributed by atoms with van der Waals surface area (Å²) in [6.45, 7) is 2.92. The van der Waals surface area contributed by atoms with Crippen molar-refractivity contribution in [1.82, 2.24) is 9.80 Å². The van der Waals surface area contributed by atoms with E-state index >= 15 is 0 Å². The van der Waals surface area contributed by atoms with Gasteiger partial charge in [-0.2, -0.15) is 0 Å². The molecule has 170 valence electrons. The van der Waals surface area contributed by atoms with Crippen molar-refractivity contribution in [3.05, 3.63) is 41.6 Å². The molecule has 7 nitrogen and oxygen atoms in total. The Morgan fingerprint density at radius 3 is 2.42 bits per heavy atom. The van der Waals surface area contributed by atoms with Gasteiger partial charge >= 0.3 is 0 Å². The van der Waals surface area contributed by atoms with Crippen molar-refractivity contribution in [1.29, 1.82) is 0 Å². The van der Waals surface area contributed by atoms with E-state index in [0.717, 1.165) is 30.6 Å². The number of aliphatic hydroxyl groups excluding tert-OH is 2. The van der Waals surface area contributed by atoms with E-state index in [1.165, 1.54) is 29.1 Å². The number of hydrogen-bond donors (Lipinski definition) is 2. The van der Waals surface area contributed by atoms with Crippen LogP contribution in [0.5, 0.6) is 5.75 Å². The van der Waals surface area contributed by atoms with Crippen LogP contribution in [-0.4, -0.2) is 63.1 Å². The second-order valence-electron chi connectivity index (χ2n) is 7.96. The molecule has 0 saturated carbocycles. The standard InChI is InChI=1S/C23H32N2O5S/c1-3-4-5-6-7-8-13-24-21(27)18-14-19(20(26)22(28)25(18)23(24)31)30-15-16-9-11-17(29-2)12-10-16/h9-12,14,19-20,22,26,28H,3-8,13,15H2,1-2H3/t19-,20+,22?/m0/s1. The summed E-state index contributed by atoms with van der Waals surface area (Å²) >= 11 is 5.43. The van der Waals surface area contributed by atoms with E-state index in [1.807, 2.05) is 24.3 Å². The Kier molecular flexibility index (Phi) is 8.43. The molecule has 3 atom stereocenters. The Morgan fingerprint density at radius 2 is 1.74 bits per heavy atom. The van der Waals surface area contributed by atoms with Gasteiger partial charge in [-0.1, -0.05) is 51.2 Å². The van der Waals surface area contributed by atoms with E-state index in [9.17, 15) is 15.0 Å². The molecule has 1 saturated heterocycles. The van der Waals surface area contributed by atoms with E-state index in [2.05, 4.69) is 6.92 Å². The number of carbonyl (C=O) groups excluding carboxylic acids is 1. The third-order valence-corrected chi connectivity index (χ3v) is 6.14. The van der Waals surface area contributed by atoms with Gasteiger partial charge in [-0.25, -0.2) is 0 Å². The van der Waals surface area contributed by atoms with Crippen LogP contribution in [0.25, 0.3) is 0 Å². The van der Waals surface area contributed by atoms with Crippen molar-refractivity contribution in [3.63, 3.8) is 0 Å². The lowest BCUT2D eigenvalue weighted by Crippen LogP contribution is -2.52. The van der Waals surface area contributed by atoms with Crippen molar-refractivity contribution in [3.8, 4) is 5.75 Å². The zero-order valence-corrected chi connectivity index (χ0v) is 19.0. The Morgan fingerprint density at radius 1 is 1.06 bits per heavy atom. The highest BCUT2D eigenvalue weighted by molar-refractivity contribution is 7.80. The Hall–Kier alpha value is -2.00. The highest BCUT2D eigenvalue weighted by atomic mass is 32.1. The van der Waals surface area contributed by atoms with Gasteiger partial charge in [0.15, 0.2) is 11.3 Å². The first kappa shape index (κ1) is 23.7. The molecule has 2 N–H and O–H groups in total. The topological polar surface area (TPSA) is 82.5 Å². The molecule has 1 amide bonds. The van der Waals surface area contributed by atoms with E-state index in [-0.39, 0.29) is 23.3 Å². The van der Waals surface area contributed by atoms with E-state index < -0.39 is 18.4 Å². The summed E-state index contributed by atoms with van der Waals surface area (Å²) in [4.78, 5) is 15.8. The van der Waals surface area contributed by atoms with Crippen LogP contribution in [0.15, 0.2) is 36.0 Å². The van der Waals surface area contributed by atoms with Crippen LogP contribution in [0, 0.1) is 0 Å². The second kappa shape index (κ2) is 11.0. The molecule has 0 spiro atoms. The van der Waals surface area contributed by atoms with Crippen molar-refractivity contribution in [2.45, 2.75) is 70.5 Å². The highest BCUT2D eigenvalue weighted by Crippen LogP contribution is 2.31. The Labute approximate surface area is 189 Å². The summed E-state index contributed by atoms with van der Waals surface area (Å²) in [5.41, 5.74) is 1.16. The average Bonchev–Trinajstić information content (AvgIpc) is 3.02. The van der Waals surface area contributed by atoms with Gasteiger partial charge in [0.05, 0.1) is 13.7 Å². The lowest BCUT2D eigenvalue weighted by atomic mass is 10.0. The number of hydrogen-bond acceptors (Lipinski definition) is 6. The van der Waals surface area contributed by atoms with Gasteiger partial charge < -0.3 is 19.7 Å². The van der Waals surface area contributed by atoms with Gasteiger partial charge in [0.1, 0.15) is 23.7 Å². The maximum Gasteiger partial charge on any atom is 0.276 e. The first-order valence-electron chi connectivity index (χ1n) is 11.0. The molecule has 0 radical (unpaired) electrons. The minimum Gasteiger partial charge on any atom is -0.497 e. The van der Waals surface area contributed by atoms with Crippen LogP contribution in [-0.2, 0) is 16.1 Å². The maximum atomic E-state index is 12.9. The number of benzene rings is 1. The fourth-order valence-electron chi connectivity index (χ4n) is 3.85. The number of thiocarbonyl (C=S) groups is 1. The zero-order chi connectivity index (χ0) is 22.4. The minimum atomic E-state index is -1.33. The maximum absolute atomic E-state index is 12.9. The van der Waals surface area contributed by atoms with Crippen LogP contribution in [0.3, 0.4) is 0 Å². The predicted octanol–water partition coefficient (Wildman–Crippen LogP) is 2.95. The number of unbranched alkanes of at least 4 members (excludes halogenated alkanes) is 5. The fourth-order valence-corrected chi connectivity index (χ4v) is 4.23. The van der Waals surface area contributed by atoms with Crippen molar-refractivity contribution >= 4 is 23.2 Å². The van der Waals surface area contributed by atoms with Crippen molar-refractivity contribution in [2.24, 2.45) is 0 Å². The lowest BCUT2D eigenvalue weighted by molar-refractivity contribution is -0.128. The predicted molar refractivity (Wildman–Crippen MR) is 121 cm³/mol. The molecule has 0 aromatic heterocycles. The highest BCUT2D eigenvalue weighted by Gasteiger charge is 2.48. The minimum absolute atomic E-state index is 0.225. The summed E-state index contributed by atoms with van der Waals surface area (Å²) in [5, 5.41) is 21.4. The number of fused-ring (bicyclic) bond motifs is 1. The number of methoxy groups -OCH3 is 1. The number of aliphatic hydroxyl groups is 2. The summed E-state index contributed by atoms with van der Waals surface area (Å²) in [6.07, 6.45) is 4.84. The van der Waals surface area contributed by atoms with Gasteiger partial charge in [0.25, 0.3) is 5.91 Å². The molecule has 2 aliphatic heterocycles. The SMILES string of the molecule is CCCCCCCCN1C(=O)C2=C[C@H](OCc3ccc(OC)cc3)[C@@H](O)C(O)N2C1=S. The quantitative estimate of drug-likeness (QED) is 0.398. The first-order chi connectivity index (χ1) is 15.0. The number of carbonyl (C=O) groups is 1. The van der Waals surface area contributed by atoms with Gasteiger partial charge in [-0.15, -0.1) is 0 Å². The normalized spacial score (nSPS) is 23.2. The van der Waals surface area contributed by atoms with Crippen molar-refractivity contribution in [2.75, 3.05) is 13.7 Å². The van der Waals surface area contributed by atoms with Crippen LogP contribution in [0.4, 0.5) is 0 Å². The third kappa shape index (κ3) is 5.44. The van der Waals surface area contributed by atoms with Crippen LogP contribution < -0.4 is 4.74 Å². The molecule has 2 heterocycles. The van der Waals surface area contributed by atoms with Gasteiger partial charge in [0.2, 0.25) is 0 Å². The summed E-state index contributed by atoms with van der Waals surface area (Å²) in [6, 6.07) is 7.37. The monoisotopic (exact) mass is 448 g/mol. The molecule has 3 rings (SSSR count). The molecule has 1 aromatic rings. The van der Waals surface area contributed by atoms with Gasteiger partial charge in [-0.05, 0) is 42.4 Å². The first-order valence-corrected chi connectivity index (χ1v) is 11.4. The number of amides is 1. The summed E-state index contributed by atoms with van der Waals surface area (Å²) in [7, 11) is 1.60. The molecule has 2 aliphatic rings. The van der Waals surface area contributed by atoms with Crippen LogP contribution in [0.1, 0.15) is 51.0 Å². The molecule has 8 heteroatoms. The van der Waals surface area contributed by atoms with Crippen LogP contribution >= 0.6 is 12.2 Å². The average molecular weight is 449 g/mol. The van der Waals surface area contributed by atoms with E-state index in [1.54, 1.807) is 13.2 Å². The van der Waals surface area contributed by atoms with E-state index in [4.69, 9.17) is 21.7 Å². The number of ether oxygens (including phenoxy) is 2. The number of nitrogens with zero attached hydrogens (tertiary/aromatic N) is 2. The number of rotatable bonds is 11. The van der Waals surface area contributed by atoms with Gasteiger partial charge in [0, 0.05) is 6.54 Å². The van der Waals surface area contributed by atoms with Gasteiger partial charge in [-0.3, -0.25) is 14.6 Å². The zero-order valence-electron chi connectivity index (χ0n) is 18.2. The third-order valence-electron chi connectivity index (χ3n) is 5.73. The molecule has 1 fully saturated rings. The molecule has 1 unspecified atom stereocenters. The Bertz CT molecular complexity index is 798. The molecule has 31 heavy (non-hydrogen) atoms. The molecular weight excluding hydrogens is 416 g/mol. The smallest absolute Gasteiger partial charge is 0.276 e. The molecule has 0 bridgehead atoms.